The largest absolute Gasteiger partial charge is 0.467 e. The predicted octanol–water partition coefficient (Wildman–Crippen LogP) is -0.721. The summed E-state index contributed by atoms with van der Waals surface area (Å²) >= 11 is 0. The maximum Gasteiger partial charge on any atom is 0.338 e. The van der Waals surface area contributed by atoms with E-state index in [2.05, 4.69) is 5.32 Å². The number of aliphatic hydroxyl groups excluding tert-OH is 4. The number of rotatable bonds is 9. The molecule has 0 radical (unpaired) electrons. The fourth-order valence-electron chi connectivity index (χ4n) is 3.71. The van der Waals surface area contributed by atoms with E-state index in [4.69, 9.17) is 9.47 Å². The van der Waals surface area contributed by atoms with Crippen LogP contribution in [0.25, 0.3) is 6.08 Å². The molecule has 0 aliphatic carbocycles. The van der Waals surface area contributed by atoms with Gasteiger partial charge in [-0.25, -0.2) is 4.79 Å². The summed E-state index contributed by atoms with van der Waals surface area (Å²) in [5.74, 6) is -1.39. The first-order valence-corrected chi connectivity index (χ1v) is 10.1. The average molecular weight is 468 g/mol. The maximum absolute atomic E-state index is 12.7. The minimum atomic E-state index is -1.78. The zero-order valence-electron chi connectivity index (χ0n) is 18.2. The van der Waals surface area contributed by atoms with E-state index in [0.29, 0.717) is 5.56 Å². The van der Waals surface area contributed by atoms with Gasteiger partial charge in [0.15, 0.2) is 5.60 Å². The highest BCUT2D eigenvalue weighted by molar-refractivity contribution is 5.80. The molecule has 12 heteroatoms. The molecule has 1 saturated heterocycles. The van der Waals surface area contributed by atoms with Crippen molar-refractivity contribution >= 4 is 23.6 Å². The Balaban J connectivity index is 2.34. The van der Waals surface area contributed by atoms with E-state index in [-0.39, 0.29) is 18.5 Å². The van der Waals surface area contributed by atoms with Gasteiger partial charge in [0.25, 0.3) is 5.69 Å². The molecular weight excluding hydrogens is 440 g/mol. The fourth-order valence-corrected chi connectivity index (χ4v) is 3.71. The van der Waals surface area contributed by atoms with Crippen LogP contribution in [0.15, 0.2) is 30.3 Å². The Morgan fingerprint density at radius 1 is 1.36 bits per heavy atom. The number of non-ortho nitro benzene ring substituents is 1. The lowest BCUT2D eigenvalue weighted by molar-refractivity contribution is -0.384. The summed E-state index contributed by atoms with van der Waals surface area (Å²) in [7, 11) is 1.12. The number of hydrogen-bond acceptors (Lipinski definition) is 10. The van der Waals surface area contributed by atoms with Gasteiger partial charge in [0.2, 0.25) is 5.91 Å². The van der Waals surface area contributed by atoms with Crippen molar-refractivity contribution in [2.24, 2.45) is 0 Å². The minimum Gasteiger partial charge on any atom is -0.467 e. The fraction of sp³-hybridized carbons (Fsp3) is 0.524. The topological polar surface area (TPSA) is 189 Å². The standard InChI is InChI=1S/C21H28N2O10/c1-12(25)22-17-15(26)10-21(20(29)32-2,33-19(17)18(28)16(27)11-24)9-3-4-13-5-7-14(8-6-13)23(30)31/h3-8,15-19,24,26-28H,9-11H2,1-2H3,(H,22,25)/b4-3+/t15-,16+,17+,18+,19+,21+/m0/s1. The molecule has 0 unspecified atom stereocenters. The number of amides is 1. The summed E-state index contributed by atoms with van der Waals surface area (Å²) in [5, 5.41) is 53.6. The quantitative estimate of drug-likeness (QED) is 0.176. The summed E-state index contributed by atoms with van der Waals surface area (Å²) < 4.78 is 10.7. The molecule has 1 aromatic rings. The minimum absolute atomic E-state index is 0.0831. The average Bonchev–Trinajstić information content (AvgIpc) is 2.79. The molecule has 0 aromatic heterocycles. The highest BCUT2D eigenvalue weighted by Crippen LogP contribution is 2.36. The molecule has 2 rings (SSSR count). The van der Waals surface area contributed by atoms with Crippen LogP contribution in [-0.4, -0.2) is 87.0 Å². The van der Waals surface area contributed by atoms with Crippen molar-refractivity contribution in [3.8, 4) is 0 Å². The van der Waals surface area contributed by atoms with E-state index in [0.717, 1.165) is 7.11 Å². The first-order chi connectivity index (χ1) is 15.5. The van der Waals surface area contributed by atoms with Crippen LogP contribution in [0.5, 0.6) is 0 Å². The third kappa shape index (κ3) is 6.33. The van der Waals surface area contributed by atoms with Gasteiger partial charge in [-0.3, -0.25) is 14.9 Å². The van der Waals surface area contributed by atoms with E-state index in [1.807, 2.05) is 0 Å². The Bertz CT molecular complexity index is 874. The number of nitro benzene ring substituents is 1. The lowest BCUT2D eigenvalue weighted by Gasteiger charge is -2.47. The van der Waals surface area contributed by atoms with Gasteiger partial charge in [0.1, 0.15) is 18.3 Å². The van der Waals surface area contributed by atoms with Crippen LogP contribution in [0.4, 0.5) is 5.69 Å². The second kappa shape index (κ2) is 11.3. The molecule has 0 saturated carbocycles. The summed E-state index contributed by atoms with van der Waals surface area (Å²) in [4.78, 5) is 34.5. The molecule has 1 fully saturated rings. The summed E-state index contributed by atoms with van der Waals surface area (Å²) in [6.45, 7) is 0.364. The summed E-state index contributed by atoms with van der Waals surface area (Å²) in [6.07, 6.45) is -3.53. The van der Waals surface area contributed by atoms with Crippen LogP contribution in [0.1, 0.15) is 25.3 Å². The molecular formula is C21H28N2O10. The van der Waals surface area contributed by atoms with Gasteiger partial charge in [-0.2, -0.15) is 0 Å². The highest BCUT2D eigenvalue weighted by Gasteiger charge is 2.54. The lowest BCUT2D eigenvalue weighted by Crippen LogP contribution is -2.67. The van der Waals surface area contributed by atoms with Crippen molar-refractivity contribution in [1.29, 1.82) is 0 Å². The van der Waals surface area contributed by atoms with Crippen LogP contribution in [0, 0.1) is 10.1 Å². The molecule has 33 heavy (non-hydrogen) atoms. The van der Waals surface area contributed by atoms with Gasteiger partial charge >= 0.3 is 5.97 Å². The number of carbonyl (C=O) groups is 2. The maximum atomic E-state index is 12.7. The third-order valence-corrected chi connectivity index (χ3v) is 5.38. The van der Waals surface area contributed by atoms with Crippen LogP contribution in [0.3, 0.4) is 0 Å². The van der Waals surface area contributed by atoms with E-state index >= 15 is 0 Å². The van der Waals surface area contributed by atoms with Gasteiger partial charge in [0, 0.05) is 31.9 Å². The Morgan fingerprint density at radius 2 is 2.00 bits per heavy atom. The van der Waals surface area contributed by atoms with Crippen LogP contribution < -0.4 is 5.32 Å². The molecule has 6 atom stereocenters. The molecule has 0 spiro atoms. The molecule has 1 aromatic carbocycles. The normalized spacial score (nSPS) is 27.0. The number of methoxy groups -OCH3 is 1. The van der Waals surface area contributed by atoms with Gasteiger partial charge in [0.05, 0.1) is 30.8 Å². The summed E-state index contributed by atoms with van der Waals surface area (Å²) in [5.41, 5.74) is -1.26. The number of benzene rings is 1. The number of esters is 1. The Labute approximate surface area is 189 Å². The van der Waals surface area contributed by atoms with Gasteiger partial charge in [-0.15, -0.1) is 0 Å². The van der Waals surface area contributed by atoms with Crippen molar-refractivity contribution in [2.45, 2.75) is 55.8 Å². The van der Waals surface area contributed by atoms with Crippen molar-refractivity contribution in [2.75, 3.05) is 13.7 Å². The van der Waals surface area contributed by atoms with Crippen LogP contribution in [0.2, 0.25) is 0 Å². The Morgan fingerprint density at radius 3 is 2.52 bits per heavy atom. The lowest BCUT2D eigenvalue weighted by atomic mass is 9.81. The highest BCUT2D eigenvalue weighted by atomic mass is 16.6. The van der Waals surface area contributed by atoms with Gasteiger partial charge in [-0.1, -0.05) is 12.2 Å². The number of aliphatic hydroxyl groups is 4. The van der Waals surface area contributed by atoms with Crippen molar-refractivity contribution < 1.29 is 44.4 Å². The second-order valence-electron chi connectivity index (χ2n) is 7.76. The Hall–Kier alpha value is -2.90. The number of hydrogen-bond donors (Lipinski definition) is 5. The Kier molecular flexibility index (Phi) is 9.02. The van der Waals surface area contributed by atoms with Crippen LogP contribution >= 0.6 is 0 Å². The predicted molar refractivity (Wildman–Crippen MR) is 114 cm³/mol. The smallest absolute Gasteiger partial charge is 0.338 e. The van der Waals surface area contributed by atoms with E-state index in [9.17, 15) is 40.1 Å². The zero-order valence-corrected chi connectivity index (χ0v) is 18.2. The first-order valence-electron chi connectivity index (χ1n) is 10.1. The number of nitrogens with zero attached hydrogens (tertiary/aromatic N) is 1. The van der Waals surface area contributed by atoms with Gasteiger partial charge < -0.3 is 35.2 Å². The number of carbonyl (C=O) groups excluding carboxylic acids is 2. The van der Waals surface area contributed by atoms with E-state index < -0.39 is 59.5 Å². The molecule has 5 N–H and O–H groups in total. The molecule has 1 aliphatic rings. The summed E-state index contributed by atoms with van der Waals surface area (Å²) in [6, 6.07) is 4.48. The van der Waals surface area contributed by atoms with E-state index in [1.54, 1.807) is 6.08 Å². The second-order valence-corrected chi connectivity index (χ2v) is 7.76. The van der Waals surface area contributed by atoms with E-state index in [1.165, 1.54) is 37.3 Å². The molecule has 182 valence electrons. The van der Waals surface area contributed by atoms with Gasteiger partial charge in [-0.05, 0) is 17.7 Å². The third-order valence-electron chi connectivity index (χ3n) is 5.38. The molecule has 12 nitrogen and oxygen atoms in total. The molecule has 1 amide bonds. The van der Waals surface area contributed by atoms with Crippen molar-refractivity contribution in [3.63, 3.8) is 0 Å². The van der Waals surface area contributed by atoms with Crippen molar-refractivity contribution in [3.05, 3.63) is 46.0 Å². The van der Waals surface area contributed by atoms with Crippen molar-refractivity contribution in [1.82, 2.24) is 5.32 Å². The van der Waals surface area contributed by atoms with Crippen LogP contribution in [-0.2, 0) is 19.1 Å². The zero-order chi connectivity index (χ0) is 24.8. The number of nitrogens with one attached hydrogen (secondary N) is 1. The monoisotopic (exact) mass is 468 g/mol. The molecule has 0 bridgehead atoms. The number of nitro groups is 1. The first kappa shape index (κ1) is 26.4. The number of ether oxygens (including phenoxy) is 2. The molecule has 1 heterocycles. The SMILES string of the molecule is COC(=O)[C@@]1(C/C=C/c2ccc([N+](=O)[O-])cc2)C[C@H](O)[C@@H](NC(C)=O)[C@H]([C@H](O)[C@H](O)CO)O1. The molecule has 1 aliphatic heterocycles.